The molecule has 26 heavy (non-hydrogen) atoms. The van der Waals surface area contributed by atoms with Crippen molar-refractivity contribution in [1.29, 1.82) is 0 Å². The number of hydrogen-bond donors (Lipinski definition) is 2. The zero-order valence-corrected chi connectivity index (χ0v) is 14.9. The molecule has 0 saturated carbocycles. The summed E-state index contributed by atoms with van der Waals surface area (Å²) in [5.74, 6) is -0.865. The van der Waals surface area contributed by atoms with Crippen molar-refractivity contribution in [2.45, 2.75) is 25.8 Å². The highest BCUT2D eigenvalue weighted by molar-refractivity contribution is 5.93. The normalized spacial score (nSPS) is 15.4. The average molecular weight is 356 g/mol. The van der Waals surface area contributed by atoms with Gasteiger partial charge in [0.2, 0.25) is 0 Å². The molecule has 1 aromatic heterocycles. The molecule has 7 heteroatoms. The van der Waals surface area contributed by atoms with Crippen molar-refractivity contribution in [2.75, 3.05) is 26.2 Å². The molecule has 7 nitrogen and oxygen atoms in total. The Balaban J connectivity index is 1.60. The van der Waals surface area contributed by atoms with Gasteiger partial charge in [0.15, 0.2) is 0 Å². The van der Waals surface area contributed by atoms with Gasteiger partial charge in [0, 0.05) is 24.7 Å². The Bertz CT molecular complexity index is 751. The van der Waals surface area contributed by atoms with E-state index in [2.05, 4.69) is 10.2 Å². The van der Waals surface area contributed by atoms with Gasteiger partial charge in [-0.15, -0.1) is 0 Å². The zero-order chi connectivity index (χ0) is 18.5. The van der Waals surface area contributed by atoms with Gasteiger partial charge in [-0.05, 0) is 25.5 Å². The van der Waals surface area contributed by atoms with Gasteiger partial charge < -0.3 is 10.0 Å². The highest BCUT2D eigenvalue weighted by Crippen LogP contribution is 2.21. The maximum atomic E-state index is 12.7. The number of amides is 1. The number of hydrogen-bond acceptors (Lipinski definition) is 4. The molecule has 1 aliphatic rings. The fourth-order valence-corrected chi connectivity index (χ4v) is 3.47. The predicted octanol–water partition coefficient (Wildman–Crippen LogP) is 2.09. The van der Waals surface area contributed by atoms with Crippen LogP contribution in [0, 0.1) is 0 Å². The topological polar surface area (TPSA) is 89.5 Å². The number of rotatable bonds is 6. The number of benzene rings is 1. The van der Waals surface area contributed by atoms with Gasteiger partial charge in [-0.2, -0.15) is 5.10 Å². The third kappa shape index (κ3) is 4.11. The Hall–Kier alpha value is -2.67. The van der Waals surface area contributed by atoms with Crippen molar-refractivity contribution in [1.82, 2.24) is 20.0 Å². The number of piperidine rings is 1. The van der Waals surface area contributed by atoms with Crippen LogP contribution in [0.3, 0.4) is 0 Å². The molecule has 0 atom stereocenters. The number of aromatic nitrogens is 2. The molecule has 2 heterocycles. The fraction of sp³-hybridized carbons (Fsp3) is 0.421. The third-order valence-corrected chi connectivity index (χ3v) is 4.89. The van der Waals surface area contributed by atoms with Crippen LogP contribution in [0.25, 0.3) is 11.3 Å². The van der Waals surface area contributed by atoms with E-state index in [1.165, 1.54) is 0 Å². The van der Waals surface area contributed by atoms with E-state index in [-0.39, 0.29) is 18.5 Å². The van der Waals surface area contributed by atoms with E-state index in [1.807, 2.05) is 47.1 Å². The van der Waals surface area contributed by atoms with Crippen LogP contribution < -0.4 is 0 Å². The van der Waals surface area contributed by atoms with Crippen LogP contribution in [0.1, 0.15) is 30.3 Å². The number of aliphatic carboxylic acids is 1. The van der Waals surface area contributed by atoms with Crippen molar-refractivity contribution in [2.24, 2.45) is 0 Å². The summed E-state index contributed by atoms with van der Waals surface area (Å²) in [4.78, 5) is 27.5. The molecule has 0 bridgehead atoms. The minimum absolute atomic E-state index is 0.0517. The minimum Gasteiger partial charge on any atom is -0.480 e. The van der Waals surface area contributed by atoms with E-state index in [0.717, 1.165) is 24.1 Å². The lowest BCUT2D eigenvalue weighted by atomic mass is 10.0. The molecule has 0 spiro atoms. The fourth-order valence-electron chi connectivity index (χ4n) is 3.47. The molecule has 0 unspecified atom stereocenters. The Labute approximate surface area is 152 Å². The van der Waals surface area contributed by atoms with Crippen LogP contribution in [0.5, 0.6) is 0 Å². The lowest BCUT2D eigenvalue weighted by Gasteiger charge is -2.37. The summed E-state index contributed by atoms with van der Waals surface area (Å²) in [5.41, 5.74) is 2.21. The quantitative estimate of drug-likeness (QED) is 0.827. The van der Waals surface area contributed by atoms with Gasteiger partial charge in [0.25, 0.3) is 5.91 Å². The smallest absolute Gasteiger partial charge is 0.317 e. The van der Waals surface area contributed by atoms with Gasteiger partial charge in [-0.1, -0.05) is 37.3 Å². The number of carbonyl (C=O) groups excluding carboxylic acids is 1. The number of carboxylic acid groups (broad SMARTS) is 1. The summed E-state index contributed by atoms with van der Waals surface area (Å²) in [6, 6.07) is 11.7. The second-order valence-corrected chi connectivity index (χ2v) is 6.51. The monoisotopic (exact) mass is 356 g/mol. The molecule has 1 aromatic carbocycles. The van der Waals surface area contributed by atoms with Gasteiger partial charge in [0.1, 0.15) is 5.69 Å². The van der Waals surface area contributed by atoms with Gasteiger partial charge in [0.05, 0.1) is 12.2 Å². The minimum atomic E-state index is -0.809. The van der Waals surface area contributed by atoms with Crippen LogP contribution in [-0.4, -0.2) is 69.2 Å². The molecule has 3 rings (SSSR count). The summed E-state index contributed by atoms with van der Waals surface area (Å²) < 4.78 is 0. The molecule has 138 valence electrons. The van der Waals surface area contributed by atoms with E-state index in [0.29, 0.717) is 25.3 Å². The van der Waals surface area contributed by atoms with Crippen molar-refractivity contribution in [3.63, 3.8) is 0 Å². The van der Waals surface area contributed by atoms with E-state index < -0.39 is 5.97 Å². The average Bonchev–Trinajstić information content (AvgIpc) is 3.16. The first-order chi connectivity index (χ1) is 12.6. The predicted molar refractivity (Wildman–Crippen MR) is 97.8 cm³/mol. The van der Waals surface area contributed by atoms with Gasteiger partial charge in [-0.25, -0.2) is 0 Å². The lowest BCUT2D eigenvalue weighted by molar-refractivity contribution is -0.139. The Morgan fingerprint density at radius 2 is 1.96 bits per heavy atom. The number of carboxylic acids is 1. The van der Waals surface area contributed by atoms with Gasteiger partial charge >= 0.3 is 5.97 Å². The summed E-state index contributed by atoms with van der Waals surface area (Å²) in [5, 5.41) is 16.1. The number of aromatic amines is 1. The largest absolute Gasteiger partial charge is 0.480 e. The highest BCUT2D eigenvalue weighted by atomic mass is 16.4. The first-order valence-electron chi connectivity index (χ1n) is 8.94. The maximum absolute atomic E-state index is 12.7. The number of likely N-dealkylation sites (tertiary alicyclic amines) is 1. The number of H-pyrrole nitrogens is 1. The molecule has 2 aromatic rings. The molecule has 1 aliphatic heterocycles. The van der Waals surface area contributed by atoms with E-state index in [4.69, 9.17) is 5.11 Å². The van der Waals surface area contributed by atoms with Crippen LogP contribution in [0.2, 0.25) is 0 Å². The number of carbonyl (C=O) groups is 2. The molecule has 1 saturated heterocycles. The summed E-state index contributed by atoms with van der Waals surface area (Å²) in [6.07, 6.45) is 1.57. The molecule has 2 N–H and O–H groups in total. The SMILES string of the molecule is CCN(CC(=O)O)C1CCN(C(=O)c2cc(-c3ccccc3)n[nH]2)CC1. The second-order valence-electron chi connectivity index (χ2n) is 6.51. The van der Waals surface area contributed by atoms with Crippen molar-refractivity contribution < 1.29 is 14.7 Å². The van der Waals surface area contributed by atoms with Crippen LogP contribution in [-0.2, 0) is 4.79 Å². The Morgan fingerprint density at radius 1 is 1.27 bits per heavy atom. The van der Waals surface area contributed by atoms with Crippen LogP contribution in [0.15, 0.2) is 36.4 Å². The molecule has 0 radical (unpaired) electrons. The first kappa shape index (κ1) is 18.1. The second kappa shape index (κ2) is 8.14. The summed E-state index contributed by atoms with van der Waals surface area (Å²) in [7, 11) is 0. The number of nitrogens with one attached hydrogen (secondary N) is 1. The van der Waals surface area contributed by atoms with E-state index >= 15 is 0 Å². The summed E-state index contributed by atoms with van der Waals surface area (Å²) in [6.45, 7) is 3.97. The molecule has 0 aliphatic carbocycles. The van der Waals surface area contributed by atoms with Crippen LogP contribution >= 0.6 is 0 Å². The maximum Gasteiger partial charge on any atom is 0.317 e. The van der Waals surface area contributed by atoms with Crippen LogP contribution in [0.4, 0.5) is 0 Å². The van der Waals surface area contributed by atoms with Crippen molar-refractivity contribution >= 4 is 11.9 Å². The number of likely N-dealkylation sites (N-methyl/N-ethyl adjacent to an activating group) is 1. The molecule has 1 fully saturated rings. The van der Waals surface area contributed by atoms with E-state index in [1.54, 1.807) is 6.07 Å². The lowest BCUT2D eigenvalue weighted by Crippen LogP contribution is -2.48. The van der Waals surface area contributed by atoms with Gasteiger partial charge in [-0.3, -0.25) is 19.6 Å². The van der Waals surface area contributed by atoms with E-state index in [9.17, 15) is 9.59 Å². The molecule has 1 amide bonds. The Kier molecular flexibility index (Phi) is 5.68. The molecular formula is C19H24N4O3. The zero-order valence-electron chi connectivity index (χ0n) is 14.9. The number of nitrogens with zero attached hydrogens (tertiary/aromatic N) is 3. The third-order valence-electron chi connectivity index (χ3n) is 4.89. The Morgan fingerprint density at radius 3 is 2.58 bits per heavy atom. The molecular weight excluding hydrogens is 332 g/mol. The standard InChI is InChI=1S/C19H24N4O3/c1-2-22(13-18(24)25)15-8-10-23(11-9-15)19(26)17-12-16(20-21-17)14-6-4-3-5-7-14/h3-7,12,15H,2,8-11,13H2,1H3,(H,20,21)(H,24,25). The first-order valence-corrected chi connectivity index (χ1v) is 8.94. The summed E-state index contributed by atoms with van der Waals surface area (Å²) >= 11 is 0. The van der Waals surface area contributed by atoms with Crippen molar-refractivity contribution in [3.05, 3.63) is 42.1 Å². The van der Waals surface area contributed by atoms with Crippen molar-refractivity contribution in [3.8, 4) is 11.3 Å². The highest BCUT2D eigenvalue weighted by Gasteiger charge is 2.28.